The lowest BCUT2D eigenvalue weighted by Gasteiger charge is -2.27. The van der Waals surface area contributed by atoms with E-state index in [0.29, 0.717) is 6.61 Å². The summed E-state index contributed by atoms with van der Waals surface area (Å²) in [6.45, 7) is 11.0. The third-order valence-electron chi connectivity index (χ3n) is 5.37. The van der Waals surface area contributed by atoms with Crippen LogP contribution in [0.25, 0.3) is 11.1 Å². The van der Waals surface area contributed by atoms with Crippen molar-refractivity contribution in [2.45, 2.75) is 52.1 Å². The summed E-state index contributed by atoms with van der Waals surface area (Å²) in [5, 5.41) is 3.51. The standard InChI is InChI=1S/C24H31NO3/c1-17-6-8-18(9-7-17)19-10-12-20(13-11-19)27-14-15-28-22(26)21-16-23(2,3)25-24(21,4)5/h6-13,21,25H,14-16H2,1-5H3. The molecule has 0 saturated carbocycles. The largest absolute Gasteiger partial charge is 0.490 e. The molecule has 2 aromatic rings. The number of nitrogens with one attached hydrogen (secondary N) is 1. The number of carbonyl (C=O) groups excluding carboxylic acids is 1. The van der Waals surface area contributed by atoms with E-state index in [0.717, 1.165) is 17.7 Å². The maximum Gasteiger partial charge on any atom is 0.310 e. The van der Waals surface area contributed by atoms with Crippen LogP contribution in [0.5, 0.6) is 5.75 Å². The molecule has 2 aromatic carbocycles. The quantitative estimate of drug-likeness (QED) is 0.579. The summed E-state index contributed by atoms with van der Waals surface area (Å²) >= 11 is 0. The number of ether oxygens (including phenoxy) is 2. The van der Waals surface area contributed by atoms with Crippen molar-refractivity contribution < 1.29 is 14.3 Å². The molecule has 1 aliphatic rings. The number of rotatable bonds is 6. The lowest BCUT2D eigenvalue weighted by Crippen LogP contribution is -2.46. The van der Waals surface area contributed by atoms with Gasteiger partial charge >= 0.3 is 5.97 Å². The van der Waals surface area contributed by atoms with Crippen LogP contribution in [-0.4, -0.2) is 30.3 Å². The number of hydrogen-bond acceptors (Lipinski definition) is 4. The lowest BCUT2D eigenvalue weighted by atomic mass is 9.87. The predicted molar refractivity (Wildman–Crippen MR) is 112 cm³/mol. The Bertz CT molecular complexity index is 807. The highest BCUT2D eigenvalue weighted by Gasteiger charge is 2.48. The normalized spacial score (nSPS) is 20.0. The molecule has 1 aliphatic heterocycles. The van der Waals surface area contributed by atoms with Crippen molar-refractivity contribution in [2.24, 2.45) is 5.92 Å². The first kappa shape index (κ1) is 20.4. The van der Waals surface area contributed by atoms with Gasteiger partial charge in [0.25, 0.3) is 0 Å². The van der Waals surface area contributed by atoms with Gasteiger partial charge in [-0.2, -0.15) is 0 Å². The molecule has 0 aromatic heterocycles. The summed E-state index contributed by atoms with van der Waals surface area (Å²) < 4.78 is 11.2. The van der Waals surface area contributed by atoms with Gasteiger partial charge in [-0.1, -0.05) is 42.0 Å². The van der Waals surface area contributed by atoms with E-state index in [1.54, 1.807) is 0 Å². The zero-order valence-electron chi connectivity index (χ0n) is 17.5. The number of esters is 1. The fraction of sp³-hybridized carbons (Fsp3) is 0.458. The molecule has 0 amide bonds. The Kier molecular flexibility index (Phi) is 5.80. The van der Waals surface area contributed by atoms with Crippen LogP contribution in [0.2, 0.25) is 0 Å². The molecule has 1 heterocycles. The second-order valence-electron chi connectivity index (χ2n) is 8.89. The summed E-state index contributed by atoms with van der Waals surface area (Å²) in [6.07, 6.45) is 0.778. The topological polar surface area (TPSA) is 47.6 Å². The maximum atomic E-state index is 12.5. The molecule has 3 rings (SSSR count). The molecular formula is C24H31NO3. The molecule has 1 atom stereocenters. The van der Waals surface area contributed by atoms with Crippen LogP contribution in [0, 0.1) is 12.8 Å². The number of aryl methyl sites for hydroxylation is 1. The van der Waals surface area contributed by atoms with Crippen LogP contribution in [0.3, 0.4) is 0 Å². The lowest BCUT2D eigenvalue weighted by molar-refractivity contribution is -0.150. The summed E-state index contributed by atoms with van der Waals surface area (Å²) in [5.74, 6) is 0.480. The first-order valence-corrected chi connectivity index (χ1v) is 9.92. The molecule has 0 spiro atoms. The van der Waals surface area contributed by atoms with Gasteiger partial charge in [0.2, 0.25) is 0 Å². The van der Waals surface area contributed by atoms with Gasteiger partial charge in [0.15, 0.2) is 0 Å². The fourth-order valence-corrected chi connectivity index (χ4v) is 4.05. The Morgan fingerprint density at radius 3 is 2.07 bits per heavy atom. The first-order chi connectivity index (χ1) is 13.2. The third-order valence-corrected chi connectivity index (χ3v) is 5.37. The minimum atomic E-state index is -0.257. The van der Waals surface area contributed by atoms with Gasteiger partial charge in [-0.3, -0.25) is 4.79 Å². The molecule has 0 bridgehead atoms. The molecular weight excluding hydrogens is 350 g/mol. The molecule has 4 nitrogen and oxygen atoms in total. The third kappa shape index (κ3) is 4.93. The van der Waals surface area contributed by atoms with Crippen molar-refractivity contribution in [3.8, 4) is 16.9 Å². The van der Waals surface area contributed by atoms with E-state index in [1.165, 1.54) is 11.1 Å². The van der Waals surface area contributed by atoms with E-state index in [4.69, 9.17) is 9.47 Å². The van der Waals surface area contributed by atoms with E-state index in [-0.39, 0.29) is 29.6 Å². The van der Waals surface area contributed by atoms with Crippen LogP contribution >= 0.6 is 0 Å². The monoisotopic (exact) mass is 381 g/mol. The van der Waals surface area contributed by atoms with E-state index >= 15 is 0 Å². The fourth-order valence-electron chi connectivity index (χ4n) is 4.05. The smallest absolute Gasteiger partial charge is 0.310 e. The second-order valence-corrected chi connectivity index (χ2v) is 8.89. The average molecular weight is 382 g/mol. The zero-order valence-corrected chi connectivity index (χ0v) is 17.5. The van der Waals surface area contributed by atoms with E-state index in [9.17, 15) is 4.79 Å². The van der Waals surface area contributed by atoms with Crippen LogP contribution in [0.15, 0.2) is 48.5 Å². The highest BCUT2D eigenvalue weighted by Crippen LogP contribution is 2.36. The molecule has 1 saturated heterocycles. The molecule has 1 unspecified atom stereocenters. The van der Waals surface area contributed by atoms with E-state index < -0.39 is 0 Å². The molecule has 1 fully saturated rings. The van der Waals surface area contributed by atoms with Crippen molar-refractivity contribution in [3.63, 3.8) is 0 Å². The van der Waals surface area contributed by atoms with Crippen LogP contribution < -0.4 is 10.1 Å². The first-order valence-electron chi connectivity index (χ1n) is 9.92. The van der Waals surface area contributed by atoms with Gasteiger partial charge in [-0.15, -0.1) is 0 Å². The summed E-state index contributed by atoms with van der Waals surface area (Å²) in [7, 11) is 0. The van der Waals surface area contributed by atoms with Crippen LogP contribution in [0.1, 0.15) is 39.7 Å². The molecule has 4 heteroatoms. The van der Waals surface area contributed by atoms with Crippen molar-refractivity contribution in [3.05, 3.63) is 54.1 Å². The van der Waals surface area contributed by atoms with Gasteiger partial charge in [0.1, 0.15) is 19.0 Å². The second kappa shape index (κ2) is 7.96. The number of benzene rings is 2. The summed E-state index contributed by atoms with van der Waals surface area (Å²) in [6, 6.07) is 16.4. The van der Waals surface area contributed by atoms with Crippen molar-refractivity contribution in [1.29, 1.82) is 0 Å². The zero-order chi connectivity index (χ0) is 20.4. The summed E-state index contributed by atoms with van der Waals surface area (Å²) in [5.41, 5.74) is 3.27. The minimum Gasteiger partial charge on any atom is -0.490 e. The van der Waals surface area contributed by atoms with Gasteiger partial charge in [0, 0.05) is 11.1 Å². The van der Waals surface area contributed by atoms with Crippen molar-refractivity contribution >= 4 is 5.97 Å². The Labute approximate surface area is 168 Å². The van der Waals surface area contributed by atoms with Gasteiger partial charge in [-0.05, 0) is 64.3 Å². The van der Waals surface area contributed by atoms with Crippen molar-refractivity contribution in [2.75, 3.05) is 13.2 Å². The molecule has 28 heavy (non-hydrogen) atoms. The minimum absolute atomic E-state index is 0.0527. The Morgan fingerprint density at radius 1 is 0.964 bits per heavy atom. The molecule has 0 aliphatic carbocycles. The van der Waals surface area contributed by atoms with E-state index in [1.807, 2.05) is 24.3 Å². The van der Waals surface area contributed by atoms with Gasteiger partial charge < -0.3 is 14.8 Å². The Balaban J connectivity index is 1.46. The predicted octanol–water partition coefficient (Wildman–Crippen LogP) is 4.75. The number of carbonyl (C=O) groups is 1. The Hall–Kier alpha value is -2.33. The molecule has 0 radical (unpaired) electrons. The summed E-state index contributed by atoms with van der Waals surface area (Å²) in [4.78, 5) is 12.5. The van der Waals surface area contributed by atoms with E-state index in [2.05, 4.69) is 64.2 Å². The van der Waals surface area contributed by atoms with Crippen LogP contribution in [0.4, 0.5) is 0 Å². The SMILES string of the molecule is Cc1ccc(-c2ccc(OCCOC(=O)C3CC(C)(C)NC3(C)C)cc2)cc1. The van der Waals surface area contributed by atoms with Crippen molar-refractivity contribution in [1.82, 2.24) is 5.32 Å². The van der Waals surface area contributed by atoms with Gasteiger partial charge in [0.05, 0.1) is 5.92 Å². The number of hydrogen-bond donors (Lipinski definition) is 1. The maximum absolute atomic E-state index is 12.5. The van der Waals surface area contributed by atoms with Crippen LogP contribution in [-0.2, 0) is 9.53 Å². The molecule has 150 valence electrons. The highest BCUT2D eigenvalue weighted by atomic mass is 16.6. The highest BCUT2D eigenvalue weighted by molar-refractivity contribution is 5.75. The average Bonchev–Trinajstić information content (AvgIpc) is 2.87. The van der Waals surface area contributed by atoms with Gasteiger partial charge in [-0.25, -0.2) is 0 Å². The molecule has 1 N–H and O–H groups in total. The Morgan fingerprint density at radius 2 is 1.54 bits per heavy atom.